The highest BCUT2D eigenvalue weighted by Crippen LogP contribution is 2.29. The topological polar surface area (TPSA) is 90.7 Å². The monoisotopic (exact) mass is 380 g/mol. The first-order chi connectivity index (χ1) is 11.0. The van der Waals surface area contributed by atoms with E-state index in [1.165, 1.54) is 25.3 Å². The lowest BCUT2D eigenvalue weighted by atomic mass is 10.2. The number of methoxy groups -OCH3 is 1. The number of hydrogen-bond acceptors (Lipinski definition) is 5. The summed E-state index contributed by atoms with van der Waals surface area (Å²) in [6.07, 6.45) is 0. The van der Waals surface area contributed by atoms with Crippen molar-refractivity contribution < 1.29 is 19.2 Å². The first kappa shape index (κ1) is 16.8. The number of benzene rings is 2. The second-order valence-corrected chi connectivity index (χ2v) is 5.26. The van der Waals surface area contributed by atoms with Crippen LogP contribution >= 0.6 is 15.9 Å². The molecule has 0 atom stereocenters. The molecule has 0 saturated carbocycles. The molecule has 0 aliphatic rings. The minimum atomic E-state index is -0.538. The van der Waals surface area contributed by atoms with Gasteiger partial charge in [-0.3, -0.25) is 14.9 Å². The second kappa shape index (κ2) is 7.59. The first-order valence-electron chi connectivity index (χ1n) is 6.51. The summed E-state index contributed by atoms with van der Waals surface area (Å²) < 4.78 is 11.2. The highest BCUT2D eigenvalue weighted by molar-refractivity contribution is 9.10. The summed E-state index contributed by atoms with van der Waals surface area (Å²) in [5.74, 6) is 0.333. The van der Waals surface area contributed by atoms with Crippen molar-refractivity contribution in [2.24, 2.45) is 0 Å². The maximum atomic E-state index is 11.9. The van der Waals surface area contributed by atoms with Crippen LogP contribution in [0.1, 0.15) is 0 Å². The number of rotatable bonds is 6. The molecule has 120 valence electrons. The number of halogens is 1. The molecule has 23 heavy (non-hydrogen) atoms. The van der Waals surface area contributed by atoms with Crippen LogP contribution in [0.15, 0.2) is 46.9 Å². The number of nitro benzene ring substituents is 1. The molecular formula is C15H13BrN2O5. The van der Waals surface area contributed by atoms with Crippen LogP contribution in [0, 0.1) is 10.1 Å². The Bertz CT molecular complexity index is 736. The maximum Gasteiger partial charge on any atom is 0.273 e. The van der Waals surface area contributed by atoms with Gasteiger partial charge in [0.25, 0.3) is 11.6 Å². The van der Waals surface area contributed by atoms with E-state index in [1.807, 2.05) is 6.07 Å². The Morgan fingerprint density at radius 2 is 2.00 bits per heavy atom. The molecule has 0 aliphatic heterocycles. The van der Waals surface area contributed by atoms with Crippen molar-refractivity contribution in [3.63, 3.8) is 0 Å². The van der Waals surface area contributed by atoms with Gasteiger partial charge < -0.3 is 14.8 Å². The number of carbonyl (C=O) groups excluding carboxylic acids is 1. The van der Waals surface area contributed by atoms with E-state index in [4.69, 9.17) is 9.47 Å². The lowest BCUT2D eigenvalue weighted by Gasteiger charge is -2.11. The highest BCUT2D eigenvalue weighted by Gasteiger charge is 2.14. The summed E-state index contributed by atoms with van der Waals surface area (Å²) in [6, 6.07) is 11.1. The number of para-hydroxylation sites is 1. The Hall–Kier alpha value is -2.61. The van der Waals surface area contributed by atoms with E-state index in [0.717, 1.165) is 4.47 Å². The van der Waals surface area contributed by atoms with Crippen molar-refractivity contribution >= 4 is 33.2 Å². The summed E-state index contributed by atoms with van der Waals surface area (Å²) in [7, 11) is 1.37. The molecule has 0 fully saturated rings. The number of non-ortho nitro benzene ring substituents is 1. The fourth-order valence-electron chi connectivity index (χ4n) is 1.79. The Kier molecular flexibility index (Phi) is 5.53. The molecule has 0 saturated heterocycles. The zero-order valence-electron chi connectivity index (χ0n) is 12.1. The van der Waals surface area contributed by atoms with E-state index >= 15 is 0 Å². The van der Waals surface area contributed by atoms with E-state index in [9.17, 15) is 14.9 Å². The average Bonchev–Trinajstić information content (AvgIpc) is 2.54. The van der Waals surface area contributed by atoms with Crippen LogP contribution in [0.5, 0.6) is 11.5 Å². The van der Waals surface area contributed by atoms with Crippen molar-refractivity contribution in [2.45, 2.75) is 0 Å². The molecule has 0 heterocycles. The highest BCUT2D eigenvalue weighted by atomic mass is 79.9. The van der Waals surface area contributed by atoms with Gasteiger partial charge in [-0.1, -0.05) is 12.1 Å². The zero-order chi connectivity index (χ0) is 16.8. The third-order valence-corrected chi connectivity index (χ3v) is 3.52. The second-order valence-electron chi connectivity index (χ2n) is 4.41. The quantitative estimate of drug-likeness (QED) is 0.612. The normalized spacial score (nSPS) is 10.0. The molecule has 7 nitrogen and oxygen atoms in total. The number of anilines is 1. The molecular weight excluding hydrogens is 368 g/mol. The number of hydrogen-bond donors (Lipinski definition) is 1. The van der Waals surface area contributed by atoms with Gasteiger partial charge in [-0.25, -0.2) is 0 Å². The molecule has 2 rings (SSSR count). The van der Waals surface area contributed by atoms with Gasteiger partial charge in [0.15, 0.2) is 6.61 Å². The van der Waals surface area contributed by atoms with Gasteiger partial charge in [0.1, 0.15) is 11.5 Å². The van der Waals surface area contributed by atoms with Crippen molar-refractivity contribution in [3.8, 4) is 11.5 Å². The van der Waals surface area contributed by atoms with Gasteiger partial charge in [-0.2, -0.15) is 0 Å². The van der Waals surface area contributed by atoms with Crippen LogP contribution in [0.3, 0.4) is 0 Å². The Morgan fingerprint density at radius 3 is 2.65 bits per heavy atom. The number of nitro groups is 1. The van der Waals surface area contributed by atoms with Gasteiger partial charge in [0, 0.05) is 6.07 Å². The van der Waals surface area contributed by atoms with Crippen LogP contribution in [-0.4, -0.2) is 24.5 Å². The SMILES string of the molecule is COc1cc([N+](=O)[O-])ccc1NC(=O)COc1ccccc1Br. The molecule has 0 aromatic heterocycles. The van der Waals surface area contributed by atoms with E-state index in [0.29, 0.717) is 11.4 Å². The van der Waals surface area contributed by atoms with Crippen molar-refractivity contribution in [2.75, 3.05) is 19.0 Å². The number of amides is 1. The van der Waals surface area contributed by atoms with Gasteiger partial charge in [-0.05, 0) is 34.1 Å². The molecule has 8 heteroatoms. The molecule has 1 N–H and O–H groups in total. The van der Waals surface area contributed by atoms with Crippen molar-refractivity contribution in [1.82, 2.24) is 0 Å². The van der Waals surface area contributed by atoms with E-state index in [2.05, 4.69) is 21.2 Å². The lowest BCUT2D eigenvalue weighted by molar-refractivity contribution is -0.384. The summed E-state index contributed by atoms with van der Waals surface area (Å²) in [6.45, 7) is -0.206. The maximum absolute atomic E-state index is 11.9. The molecule has 0 radical (unpaired) electrons. The fraction of sp³-hybridized carbons (Fsp3) is 0.133. The predicted molar refractivity (Wildman–Crippen MR) is 87.9 cm³/mol. The number of nitrogens with one attached hydrogen (secondary N) is 1. The summed E-state index contributed by atoms with van der Waals surface area (Å²) in [5.41, 5.74) is 0.211. The smallest absolute Gasteiger partial charge is 0.273 e. The number of nitrogens with zero attached hydrogens (tertiary/aromatic N) is 1. The Morgan fingerprint density at radius 1 is 1.26 bits per heavy atom. The van der Waals surface area contributed by atoms with E-state index in [1.54, 1.807) is 18.2 Å². The van der Waals surface area contributed by atoms with Crippen LogP contribution in [0.25, 0.3) is 0 Å². The molecule has 0 unspecified atom stereocenters. The molecule has 1 amide bonds. The Labute approximate surface area is 140 Å². The van der Waals surface area contributed by atoms with Crippen molar-refractivity contribution in [3.05, 3.63) is 57.1 Å². The minimum absolute atomic E-state index is 0.121. The lowest BCUT2D eigenvalue weighted by Crippen LogP contribution is -2.20. The van der Waals surface area contributed by atoms with Gasteiger partial charge >= 0.3 is 0 Å². The molecule has 0 bridgehead atoms. The number of carbonyl (C=O) groups is 1. The summed E-state index contributed by atoms with van der Waals surface area (Å²) in [4.78, 5) is 22.1. The van der Waals surface area contributed by atoms with Gasteiger partial charge in [-0.15, -0.1) is 0 Å². The third kappa shape index (κ3) is 4.43. The summed E-state index contributed by atoms with van der Waals surface area (Å²) in [5, 5.41) is 13.3. The zero-order valence-corrected chi connectivity index (χ0v) is 13.7. The Balaban J connectivity index is 2.03. The molecule has 0 aliphatic carbocycles. The number of ether oxygens (including phenoxy) is 2. The van der Waals surface area contributed by atoms with E-state index < -0.39 is 10.8 Å². The first-order valence-corrected chi connectivity index (χ1v) is 7.30. The van der Waals surface area contributed by atoms with Crippen molar-refractivity contribution in [1.29, 1.82) is 0 Å². The fourth-order valence-corrected chi connectivity index (χ4v) is 2.19. The third-order valence-electron chi connectivity index (χ3n) is 2.87. The average molecular weight is 381 g/mol. The molecule has 2 aromatic rings. The standard InChI is InChI=1S/C15H13BrN2O5/c1-22-14-8-10(18(20)21)6-7-12(14)17-15(19)9-23-13-5-3-2-4-11(13)16/h2-8H,9H2,1H3,(H,17,19). The van der Waals surface area contributed by atoms with Crippen LogP contribution < -0.4 is 14.8 Å². The van der Waals surface area contributed by atoms with Crippen LogP contribution in [-0.2, 0) is 4.79 Å². The van der Waals surface area contributed by atoms with Crippen LogP contribution in [0.4, 0.5) is 11.4 Å². The van der Waals surface area contributed by atoms with E-state index in [-0.39, 0.29) is 18.0 Å². The van der Waals surface area contributed by atoms with Gasteiger partial charge in [0.2, 0.25) is 0 Å². The predicted octanol–water partition coefficient (Wildman–Crippen LogP) is 3.38. The molecule has 2 aromatic carbocycles. The van der Waals surface area contributed by atoms with Crippen LogP contribution in [0.2, 0.25) is 0 Å². The van der Waals surface area contributed by atoms with Gasteiger partial charge in [0.05, 0.1) is 28.3 Å². The minimum Gasteiger partial charge on any atom is -0.494 e. The largest absolute Gasteiger partial charge is 0.494 e. The summed E-state index contributed by atoms with van der Waals surface area (Å²) >= 11 is 3.32. The molecule has 0 spiro atoms.